The second-order valence-electron chi connectivity index (χ2n) is 6.34. The van der Waals surface area contributed by atoms with Gasteiger partial charge in [0, 0.05) is 11.8 Å². The van der Waals surface area contributed by atoms with Crippen LogP contribution in [0.4, 0.5) is 0 Å². The molecule has 29 heavy (non-hydrogen) atoms. The average Bonchev–Trinajstić information content (AvgIpc) is 3.20. The molecule has 0 radical (unpaired) electrons. The monoisotopic (exact) mass is 413 g/mol. The zero-order chi connectivity index (χ0) is 20.6. The summed E-state index contributed by atoms with van der Waals surface area (Å²) in [6.07, 6.45) is 0. The number of hydrogen-bond acceptors (Lipinski definition) is 7. The number of aromatic nitrogens is 2. The van der Waals surface area contributed by atoms with Crippen molar-refractivity contribution < 1.29 is 18.8 Å². The minimum Gasteiger partial charge on any atom is -0.497 e. The fourth-order valence-electron chi connectivity index (χ4n) is 2.71. The predicted molar refractivity (Wildman–Crippen MR) is 112 cm³/mol. The molecule has 0 bridgehead atoms. The van der Waals surface area contributed by atoms with Crippen LogP contribution in [0.1, 0.15) is 17.0 Å². The summed E-state index contributed by atoms with van der Waals surface area (Å²) in [5.74, 6) is 3.04. The standard InChI is InChI=1S/C21H23N3O4S/c1-14-5-4-6-15(9-14)12-29-13-19(25)22-11-20-23-21(24-28-20)17-8-7-16(26-2)10-18(17)27-3/h4-10H,11-13H2,1-3H3,(H,22,25). The number of nitrogens with one attached hydrogen (secondary N) is 1. The Morgan fingerprint density at radius 3 is 2.79 bits per heavy atom. The highest BCUT2D eigenvalue weighted by Gasteiger charge is 2.15. The topological polar surface area (TPSA) is 86.5 Å². The third-order valence-corrected chi connectivity index (χ3v) is 5.14. The van der Waals surface area contributed by atoms with Crippen molar-refractivity contribution in [3.8, 4) is 22.9 Å². The largest absolute Gasteiger partial charge is 0.497 e. The normalized spacial score (nSPS) is 10.6. The molecule has 3 aromatic rings. The maximum absolute atomic E-state index is 12.1. The van der Waals surface area contributed by atoms with Gasteiger partial charge in [0.1, 0.15) is 11.5 Å². The van der Waals surface area contributed by atoms with E-state index >= 15 is 0 Å². The molecule has 152 valence electrons. The van der Waals surface area contributed by atoms with Crippen molar-refractivity contribution in [3.05, 3.63) is 59.5 Å². The second-order valence-corrected chi connectivity index (χ2v) is 7.32. The van der Waals surface area contributed by atoms with Crippen LogP contribution in [0.2, 0.25) is 0 Å². The number of aryl methyl sites for hydroxylation is 1. The number of ether oxygens (including phenoxy) is 2. The van der Waals surface area contributed by atoms with E-state index in [1.165, 1.54) is 11.1 Å². The van der Waals surface area contributed by atoms with E-state index in [9.17, 15) is 4.79 Å². The molecule has 1 amide bonds. The molecule has 0 atom stereocenters. The first-order chi connectivity index (χ1) is 14.1. The van der Waals surface area contributed by atoms with E-state index < -0.39 is 0 Å². The van der Waals surface area contributed by atoms with Crippen LogP contribution >= 0.6 is 11.8 Å². The highest BCUT2D eigenvalue weighted by Crippen LogP contribution is 2.31. The number of carbonyl (C=O) groups is 1. The molecule has 2 aromatic carbocycles. The van der Waals surface area contributed by atoms with Crippen LogP contribution in [0.3, 0.4) is 0 Å². The lowest BCUT2D eigenvalue weighted by Gasteiger charge is -2.07. The summed E-state index contributed by atoms with van der Waals surface area (Å²) in [6, 6.07) is 13.6. The van der Waals surface area contributed by atoms with Gasteiger partial charge in [0.25, 0.3) is 0 Å². The summed E-state index contributed by atoms with van der Waals surface area (Å²) in [5.41, 5.74) is 3.11. The minimum absolute atomic E-state index is 0.0792. The molecule has 0 unspecified atom stereocenters. The molecule has 0 aliphatic heterocycles. The number of benzene rings is 2. The zero-order valence-electron chi connectivity index (χ0n) is 16.6. The van der Waals surface area contributed by atoms with Crippen molar-refractivity contribution in [3.63, 3.8) is 0 Å². The summed E-state index contributed by atoms with van der Waals surface area (Å²) in [4.78, 5) is 16.4. The Kier molecular flexibility index (Phi) is 7.13. The fraction of sp³-hybridized carbons (Fsp3) is 0.286. The van der Waals surface area contributed by atoms with Gasteiger partial charge in [-0.1, -0.05) is 35.0 Å². The van der Waals surface area contributed by atoms with E-state index in [0.29, 0.717) is 34.5 Å². The molecule has 0 aliphatic carbocycles. The third-order valence-electron chi connectivity index (χ3n) is 4.14. The van der Waals surface area contributed by atoms with Crippen LogP contribution in [0.25, 0.3) is 11.4 Å². The molecule has 0 saturated heterocycles. The fourth-order valence-corrected chi connectivity index (χ4v) is 3.51. The second kappa shape index (κ2) is 9.97. The zero-order valence-corrected chi connectivity index (χ0v) is 17.4. The van der Waals surface area contributed by atoms with Gasteiger partial charge in [0.05, 0.1) is 32.1 Å². The summed E-state index contributed by atoms with van der Waals surface area (Å²) >= 11 is 1.56. The van der Waals surface area contributed by atoms with Gasteiger partial charge in [-0.05, 0) is 24.6 Å². The van der Waals surface area contributed by atoms with Crippen LogP contribution in [0.15, 0.2) is 47.0 Å². The van der Waals surface area contributed by atoms with Crippen LogP contribution in [-0.2, 0) is 17.1 Å². The van der Waals surface area contributed by atoms with Gasteiger partial charge in [-0.2, -0.15) is 4.98 Å². The SMILES string of the molecule is COc1ccc(-c2noc(CNC(=O)CSCc3cccc(C)c3)n2)c(OC)c1. The molecular formula is C21H23N3O4S. The summed E-state index contributed by atoms with van der Waals surface area (Å²) in [6.45, 7) is 2.23. The Labute approximate surface area is 173 Å². The molecule has 0 spiro atoms. The molecule has 1 aromatic heterocycles. The number of methoxy groups -OCH3 is 2. The molecule has 0 saturated carbocycles. The van der Waals surface area contributed by atoms with E-state index in [0.717, 1.165) is 5.75 Å². The van der Waals surface area contributed by atoms with Gasteiger partial charge in [0.2, 0.25) is 17.6 Å². The van der Waals surface area contributed by atoms with Crippen molar-refractivity contribution in [1.82, 2.24) is 15.5 Å². The molecule has 0 fully saturated rings. The van der Waals surface area contributed by atoms with Gasteiger partial charge >= 0.3 is 0 Å². The van der Waals surface area contributed by atoms with Crippen molar-refractivity contribution in [2.75, 3.05) is 20.0 Å². The lowest BCUT2D eigenvalue weighted by Crippen LogP contribution is -2.24. The lowest BCUT2D eigenvalue weighted by molar-refractivity contribution is -0.118. The van der Waals surface area contributed by atoms with Crippen molar-refractivity contribution in [2.45, 2.75) is 19.2 Å². The van der Waals surface area contributed by atoms with E-state index in [1.807, 2.05) is 6.07 Å². The molecule has 1 N–H and O–H groups in total. The first-order valence-electron chi connectivity index (χ1n) is 9.04. The number of thioether (sulfide) groups is 1. The van der Waals surface area contributed by atoms with Gasteiger partial charge in [-0.25, -0.2) is 0 Å². The molecule has 0 aliphatic rings. The van der Waals surface area contributed by atoms with Crippen molar-refractivity contribution in [2.24, 2.45) is 0 Å². The van der Waals surface area contributed by atoms with Crippen molar-refractivity contribution in [1.29, 1.82) is 0 Å². The van der Waals surface area contributed by atoms with E-state index in [2.05, 4.69) is 40.6 Å². The van der Waals surface area contributed by atoms with E-state index in [1.54, 1.807) is 44.2 Å². The molecule has 7 nitrogen and oxygen atoms in total. The number of rotatable bonds is 9. The summed E-state index contributed by atoms with van der Waals surface area (Å²) in [7, 11) is 3.15. The van der Waals surface area contributed by atoms with Gasteiger partial charge in [-0.3, -0.25) is 4.79 Å². The summed E-state index contributed by atoms with van der Waals surface area (Å²) < 4.78 is 15.8. The summed E-state index contributed by atoms with van der Waals surface area (Å²) in [5, 5.41) is 6.78. The molecule has 8 heteroatoms. The smallest absolute Gasteiger partial charge is 0.246 e. The Bertz CT molecular complexity index is 974. The Morgan fingerprint density at radius 2 is 2.03 bits per heavy atom. The number of carbonyl (C=O) groups excluding carboxylic acids is 1. The Hall–Kier alpha value is -3.00. The van der Waals surface area contributed by atoms with E-state index in [-0.39, 0.29) is 12.5 Å². The van der Waals surface area contributed by atoms with Gasteiger partial charge in [-0.15, -0.1) is 11.8 Å². The van der Waals surface area contributed by atoms with Gasteiger partial charge < -0.3 is 19.3 Å². The Balaban J connectivity index is 1.51. The van der Waals surface area contributed by atoms with Crippen LogP contribution in [0.5, 0.6) is 11.5 Å². The highest BCUT2D eigenvalue weighted by molar-refractivity contribution is 7.99. The molecule has 3 rings (SSSR count). The third kappa shape index (κ3) is 5.74. The molecule has 1 heterocycles. The predicted octanol–water partition coefficient (Wildman–Crippen LogP) is 3.61. The molecular weight excluding hydrogens is 390 g/mol. The average molecular weight is 413 g/mol. The number of hydrogen-bond donors (Lipinski definition) is 1. The lowest BCUT2D eigenvalue weighted by atomic mass is 10.2. The maximum atomic E-state index is 12.1. The Morgan fingerprint density at radius 1 is 1.17 bits per heavy atom. The number of nitrogens with zero attached hydrogens (tertiary/aromatic N) is 2. The highest BCUT2D eigenvalue weighted by atomic mass is 32.2. The first-order valence-corrected chi connectivity index (χ1v) is 10.2. The van der Waals surface area contributed by atoms with Crippen LogP contribution in [0, 0.1) is 6.92 Å². The first kappa shape index (κ1) is 20.7. The van der Waals surface area contributed by atoms with E-state index in [4.69, 9.17) is 14.0 Å². The number of amides is 1. The van der Waals surface area contributed by atoms with Gasteiger partial charge in [0.15, 0.2) is 0 Å². The minimum atomic E-state index is -0.0792. The van der Waals surface area contributed by atoms with Crippen LogP contribution < -0.4 is 14.8 Å². The van der Waals surface area contributed by atoms with Crippen LogP contribution in [-0.4, -0.2) is 36.0 Å². The van der Waals surface area contributed by atoms with Crippen molar-refractivity contribution >= 4 is 17.7 Å². The quantitative estimate of drug-likeness (QED) is 0.573. The maximum Gasteiger partial charge on any atom is 0.246 e.